The van der Waals surface area contributed by atoms with Gasteiger partial charge in [-0.15, -0.1) is 0 Å². The average molecular weight is 225 g/mol. The Balaban J connectivity index is 2.02. The molecule has 1 aliphatic carbocycles. The molecular formula is C11H19N3O2. The molecule has 0 spiro atoms. The molecule has 16 heavy (non-hydrogen) atoms. The second-order valence-corrected chi connectivity index (χ2v) is 4.29. The Labute approximate surface area is 95.4 Å². The number of rotatable bonds is 6. The van der Waals surface area contributed by atoms with Gasteiger partial charge in [0.1, 0.15) is 0 Å². The molecule has 1 N–H and O–H groups in total. The molecule has 1 fully saturated rings. The predicted molar refractivity (Wildman–Crippen MR) is 59.0 cm³/mol. The molecule has 0 aromatic carbocycles. The lowest BCUT2D eigenvalue weighted by atomic mass is 10.2. The fraction of sp³-hybridized carbons (Fsp3) is 0.818. The molecule has 2 rings (SSSR count). The topological polar surface area (TPSA) is 62.4 Å². The normalized spacial score (nSPS) is 18.0. The summed E-state index contributed by atoms with van der Waals surface area (Å²) in [5.41, 5.74) is 0. The number of hydrogen-bond donors (Lipinski definition) is 1. The predicted octanol–water partition coefficient (Wildman–Crippen LogP) is 1.32. The first kappa shape index (κ1) is 11.5. The molecule has 1 heterocycles. The van der Waals surface area contributed by atoms with E-state index in [0.717, 1.165) is 12.4 Å². The first-order valence-electron chi connectivity index (χ1n) is 5.94. The number of aliphatic hydroxyl groups is 1. The Morgan fingerprint density at radius 1 is 1.56 bits per heavy atom. The largest absolute Gasteiger partial charge is 0.395 e. The second kappa shape index (κ2) is 4.93. The minimum atomic E-state index is 0.0807. The van der Waals surface area contributed by atoms with Gasteiger partial charge < -0.3 is 9.63 Å². The quantitative estimate of drug-likeness (QED) is 0.791. The lowest BCUT2D eigenvalue weighted by Gasteiger charge is -2.23. The summed E-state index contributed by atoms with van der Waals surface area (Å²) in [5, 5.41) is 13.0. The van der Waals surface area contributed by atoms with E-state index in [1.807, 2.05) is 6.92 Å². The van der Waals surface area contributed by atoms with E-state index in [-0.39, 0.29) is 12.6 Å². The van der Waals surface area contributed by atoms with Crippen molar-refractivity contribution in [3.8, 4) is 0 Å². The highest BCUT2D eigenvalue weighted by Gasteiger charge is 2.30. The van der Waals surface area contributed by atoms with E-state index in [0.29, 0.717) is 18.4 Å². The van der Waals surface area contributed by atoms with Gasteiger partial charge in [0.25, 0.3) is 0 Å². The highest BCUT2D eigenvalue weighted by molar-refractivity contribution is 5.04. The Morgan fingerprint density at radius 2 is 2.31 bits per heavy atom. The van der Waals surface area contributed by atoms with Crippen LogP contribution in [0, 0.1) is 0 Å². The Bertz CT molecular complexity index is 336. The maximum Gasteiger partial charge on any atom is 0.243 e. The molecule has 0 saturated heterocycles. The van der Waals surface area contributed by atoms with E-state index >= 15 is 0 Å². The van der Waals surface area contributed by atoms with Gasteiger partial charge in [-0.3, -0.25) is 4.90 Å². The number of aliphatic hydroxyl groups excluding tert-OH is 1. The highest BCUT2D eigenvalue weighted by atomic mass is 16.5. The molecule has 0 bridgehead atoms. The zero-order chi connectivity index (χ0) is 11.5. The van der Waals surface area contributed by atoms with E-state index in [2.05, 4.69) is 22.0 Å². The van der Waals surface area contributed by atoms with Crippen LogP contribution in [0.1, 0.15) is 50.4 Å². The minimum absolute atomic E-state index is 0.0807. The summed E-state index contributed by atoms with van der Waals surface area (Å²) in [6.07, 6.45) is 2.36. The maximum atomic E-state index is 8.96. The average Bonchev–Trinajstić information content (AvgIpc) is 3.03. The van der Waals surface area contributed by atoms with Crippen LogP contribution in [0.2, 0.25) is 0 Å². The van der Waals surface area contributed by atoms with Gasteiger partial charge in [-0.05, 0) is 26.3 Å². The van der Waals surface area contributed by atoms with Crippen molar-refractivity contribution in [2.24, 2.45) is 0 Å². The van der Waals surface area contributed by atoms with Crippen LogP contribution < -0.4 is 0 Å². The van der Waals surface area contributed by atoms with E-state index in [1.54, 1.807) is 0 Å². The van der Waals surface area contributed by atoms with Crippen LogP contribution in [-0.2, 0) is 0 Å². The van der Waals surface area contributed by atoms with Gasteiger partial charge in [0.2, 0.25) is 5.89 Å². The zero-order valence-electron chi connectivity index (χ0n) is 9.89. The minimum Gasteiger partial charge on any atom is -0.395 e. The molecule has 0 radical (unpaired) electrons. The Kier molecular flexibility index (Phi) is 3.56. The van der Waals surface area contributed by atoms with E-state index < -0.39 is 0 Å². The molecule has 5 heteroatoms. The van der Waals surface area contributed by atoms with Crippen LogP contribution in [0.25, 0.3) is 0 Å². The lowest BCUT2D eigenvalue weighted by molar-refractivity contribution is 0.143. The van der Waals surface area contributed by atoms with E-state index in [9.17, 15) is 0 Å². The molecule has 1 atom stereocenters. The molecule has 5 nitrogen and oxygen atoms in total. The number of hydrogen-bond acceptors (Lipinski definition) is 5. The van der Waals surface area contributed by atoms with Crippen LogP contribution in [0.4, 0.5) is 0 Å². The van der Waals surface area contributed by atoms with Crippen LogP contribution >= 0.6 is 0 Å². The second-order valence-electron chi connectivity index (χ2n) is 4.29. The van der Waals surface area contributed by atoms with Crippen LogP contribution in [-0.4, -0.2) is 39.8 Å². The van der Waals surface area contributed by atoms with Crippen molar-refractivity contribution in [2.75, 3.05) is 19.7 Å². The maximum absolute atomic E-state index is 8.96. The Hall–Kier alpha value is -0.940. The van der Waals surface area contributed by atoms with Crippen molar-refractivity contribution < 1.29 is 9.63 Å². The molecule has 0 aliphatic heterocycles. The molecule has 1 aromatic rings. The van der Waals surface area contributed by atoms with Crippen molar-refractivity contribution in [3.63, 3.8) is 0 Å². The van der Waals surface area contributed by atoms with E-state index in [1.165, 1.54) is 12.8 Å². The molecule has 1 unspecified atom stereocenters. The van der Waals surface area contributed by atoms with Gasteiger partial charge in [-0.25, -0.2) is 0 Å². The molecule has 1 saturated carbocycles. The number of likely N-dealkylation sites (N-methyl/N-ethyl adjacent to an activating group) is 1. The summed E-state index contributed by atoms with van der Waals surface area (Å²) in [5.74, 6) is 2.04. The smallest absolute Gasteiger partial charge is 0.243 e. The van der Waals surface area contributed by atoms with Crippen LogP contribution in [0.3, 0.4) is 0 Å². The summed E-state index contributed by atoms with van der Waals surface area (Å²) in [4.78, 5) is 6.54. The first-order valence-corrected chi connectivity index (χ1v) is 5.94. The van der Waals surface area contributed by atoms with Crippen molar-refractivity contribution >= 4 is 0 Å². The fourth-order valence-corrected chi connectivity index (χ4v) is 1.83. The standard InChI is InChI=1S/C11H19N3O2/c1-3-14(6-7-15)8(2)11-12-10(13-16-11)9-4-5-9/h8-9,15H,3-7H2,1-2H3. The highest BCUT2D eigenvalue weighted by Crippen LogP contribution is 2.38. The summed E-state index contributed by atoms with van der Waals surface area (Å²) >= 11 is 0. The molecule has 90 valence electrons. The van der Waals surface area contributed by atoms with Gasteiger partial charge >= 0.3 is 0 Å². The van der Waals surface area contributed by atoms with Crippen molar-refractivity contribution in [3.05, 3.63) is 11.7 Å². The summed E-state index contributed by atoms with van der Waals surface area (Å²) in [6, 6.07) is 0.0807. The summed E-state index contributed by atoms with van der Waals surface area (Å²) in [7, 11) is 0. The molecular weight excluding hydrogens is 206 g/mol. The van der Waals surface area contributed by atoms with Crippen molar-refractivity contribution in [2.45, 2.75) is 38.6 Å². The van der Waals surface area contributed by atoms with Gasteiger partial charge in [-0.2, -0.15) is 4.98 Å². The zero-order valence-corrected chi connectivity index (χ0v) is 9.89. The molecule has 0 amide bonds. The molecule has 1 aliphatic rings. The van der Waals surface area contributed by atoms with Crippen molar-refractivity contribution in [1.29, 1.82) is 0 Å². The first-order chi connectivity index (χ1) is 7.76. The number of nitrogens with zero attached hydrogens (tertiary/aromatic N) is 3. The van der Waals surface area contributed by atoms with Crippen molar-refractivity contribution in [1.82, 2.24) is 15.0 Å². The van der Waals surface area contributed by atoms with Gasteiger partial charge in [0.15, 0.2) is 5.82 Å². The van der Waals surface area contributed by atoms with E-state index in [4.69, 9.17) is 9.63 Å². The fourth-order valence-electron chi connectivity index (χ4n) is 1.83. The monoisotopic (exact) mass is 225 g/mol. The summed E-state index contributed by atoms with van der Waals surface area (Å²) < 4.78 is 5.27. The van der Waals surface area contributed by atoms with Crippen LogP contribution in [0.15, 0.2) is 4.52 Å². The summed E-state index contributed by atoms with van der Waals surface area (Å²) in [6.45, 7) is 5.75. The third-order valence-corrected chi connectivity index (χ3v) is 3.10. The third kappa shape index (κ3) is 2.41. The third-order valence-electron chi connectivity index (χ3n) is 3.10. The van der Waals surface area contributed by atoms with Gasteiger partial charge in [-0.1, -0.05) is 12.1 Å². The number of aromatic nitrogens is 2. The lowest BCUT2D eigenvalue weighted by Crippen LogP contribution is -2.29. The SMILES string of the molecule is CCN(CCO)C(C)c1nc(C2CC2)no1. The van der Waals surface area contributed by atoms with Crippen LogP contribution in [0.5, 0.6) is 0 Å². The van der Waals surface area contributed by atoms with Gasteiger partial charge in [0, 0.05) is 12.5 Å². The Morgan fingerprint density at radius 3 is 2.88 bits per heavy atom. The molecule has 1 aromatic heterocycles. The van der Waals surface area contributed by atoms with Gasteiger partial charge in [0.05, 0.1) is 12.6 Å².